The number of halogens is 1. The van der Waals surface area contributed by atoms with E-state index in [2.05, 4.69) is 21.2 Å². The molecule has 1 unspecified atom stereocenters. The molecule has 0 saturated heterocycles. The number of Topliss-reactive ketones (excluding diaryl/α,β-unsaturated/α-hetero) is 1. The molecule has 1 aliphatic carbocycles. The Labute approximate surface area is 115 Å². The Hall–Kier alpha value is -1.16. The van der Waals surface area contributed by atoms with E-state index in [0.29, 0.717) is 12.8 Å². The van der Waals surface area contributed by atoms with Crippen molar-refractivity contribution in [2.45, 2.75) is 32.7 Å². The number of hydrogen-bond donors (Lipinski definition) is 1. The lowest BCUT2D eigenvalue weighted by Gasteiger charge is -2.36. The first-order valence-electron chi connectivity index (χ1n) is 5.99. The molecule has 0 bridgehead atoms. The maximum atomic E-state index is 12.1. The van der Waals surface area contributed by atoms with Crippen molar-refractivity contribution < 1.29 is 9.59 Å². The van der Waals surface area contributed by atoms with E-state index in [0.717, 1.165) is 10.0 Å². The van der Waals surface area contributed by atoms with Crippen molar-refractivity contribution in [1.82, 2.24) is 5.32 Å². The van der Waals surface area contributed by atoms with E-state index >= 15 is 0 Å². The Morgan fingerprint density at radius 3 is 2.39 bits per heavy atom. The Morgan fingerprint density at radius 1 is 1.33 bits per heavy atom. The van der Waals surface area contributed by atoms with Crippen LogP contribution in [0.5, 0.6) is 0 Å². The van der Waals surface area contributed by atoms with Crippen molar-refractivity contribution in [2.24, 2.45) is 5.41 Å². The lowest BCUT2D eigenvalue weighted by Crippen LogP contribution is -2.48. The van der Waals surface area contributed by atoms with Crippen LogP contribution in [-0.4, -0.2) is 11.7 Å². The number of nitrogens with one attached hydrogen (secondary N) is 1. The molecule has 0 radical (unpaired) electrons. The summed E-state index contributed by atoms with van der Waals surface area (Å²) in [4.78, 5) is 23.1. The molecule has 0 aliphatic heterocycles. The zero-order valence-corrected chi connectivity index (χ0v) is 12.1. The predicted molar refractivity (Wildman–Crippen MR) is 73.0 cm³/mol. The van der Waals surface area contributed by atoms with Gasteiger partial charge in [-0.15, -0.1) is 0 Å². The highest BCUT2D eigenvalue weighted by Crippen LogP contribution is 2.38. The monoisotopic (exact) mass is 309 g/mol. The fourth-order valence-electron chi connectivity index (χ4n) is 2.18. The number of benzene rings is 1. The van der Waals surface area contributed by atoms with Crippen molar-refractivity contribution in [3.8, 4) is 0 Å². The fourth-order valence-corrected chi connectivity index (χ4v) is 2.45. The Morgan fingerprint density at radius 2 is 1.89 bits per heavy atom. The molecule has 2 rings (SSSR count). The summed E-state index contributed by atoms with van der Waals surface area (Å²) in [5.41, 5.74) is 0.557. The largest absolute Gasteiger partial charge is 0.349 e. The van der Waals surface area contributed by atoms with Gasteiger partial charge in [-0.3, -0.25) is 9.59 Å². The minimum Gasteiger partial charge on any atom is -0.349 e. The van der Waals surface area contributed by atoms with Crippen LogP contribution in [0.3, 0.4) is 0 Å². The molecule has 96 valence electrons. The first kappa shape index (κ1) is 13.3. The van der Waals surface area contributed by atoms with E-state index in [-0.39, 0.29) is 17.7 Å². The molecular weight excluding hydrogens is 294 g/mol. The highest BCUT2D eigenvalue weighted by molar-refractivity contribution is 9.10. The molecular formula is C14H16BrNO2. The van der Waals surface area contributed by atoms with E-state index in [1.54, 1.807) is 0 Å². The van der Waals surface area contributed by atoms with Crippen LogP contribution in [0.1, 0.15) is 38.3 Å². The van der Waals surface area contributed by atoms with Gasteiger partial charge in [0.25, 0.3) is 0 Å². The van der Waals surface area contributed by atoms with Gasteiger partial charge in [0.2, 0.25) is 5.91 Å². The molecule has 0 spiro atoms. The van der Waals surface area contributed by atoms with Gasteiger partial charge in [-0.05, 0) is 31.5 Å². The predicted octanol–water partition coefficient (Wildman–Crippen LogP) is 3.00. The molecule has 0 heterocycles. The summed E-state index contributed by atoms with van der Waals surface area (Å²) in [7, 11) is 0. The number of amides is 1. The molecule has 1 atom stereocenters. The van der Waals surface area contributed by atoms with Gasteiger partial charge in [-0.1, -0.05) is 28.1 Å². The summed E-state index contributed by atoms with van der Waals surface area (Å²) < 4.78 is 1.02. The first-order valence-corrected chi connectivity index (χ1v) is 6.78. The molecule has 1 N–H and O–H groups in total. The fraction of sp³-hybridized carbons (Fsp3) is 0.429. The number of ketones is 1. The quantitative estimate of drug-likeness (QED) is 0.933. The Bertz CT molecular complexity index is 473. The third-order valence-corrected chi connectivity index (χ3v) is 3.97. The average molecular weight is 310 g/mol. The topological polar surface area (TPSA) is 46.2 Å². The Kier molecular flexibility index (Phi) is 3.57. The van der Waals surface area contributed by atoms with Crippen molar-refractivity contribution in [3.05, 3.63) is 34.3 Å². The summed E-state index contributed by atoms with van der Waals surface area (Å²) in [6, 6.07) is 7.81. The first-order chi connectivity index (χ1) is 8.40. The van der Waals surface area contributed by atoms with Crippen molar-refractivity contribution >= 4 is 27.6 Å². The molecule has 4 heteroatoms. The van der Waals surface area contributed by atoms with Crippen LogP contribution in [-0.2, 0) is 9.59 Å². The second-order valence-corrected chi connectivity index (χ2v) is 6.12. The molecule has 1 amide bonds. The van der Waals surface area contributed by atoms with Crippen LogP contribution in [0.25, 0.3) is 0 Å². The molecule has 1 saturated carbocycles. The van der Waals surface area contributed by atoms with Gasteiger partial charge in [0.05, 0.1) is 11.5 Å². The van der Waals surface area contributed by atoms with Crippen LogP contribution in [0, 0.1) is 5.41 Å². The summed E-state index contributed by atoms with van der Waals surface area (Å²) in [5, 5.41) is 2.97. The van der Waals surface area contributed by atoms with Crippen LogP contribution < -0.4 is 5.32 Å². The van der Waals surface area contributed by atoms with E-state index in [4.69, 9.17) is 0 Å². The minimum atomic E-state index is -0.499. The zero-order valence-electron chi connectivity index (χ0n) is 10.5. The van der Waals surface area contributed by atoms with Gasteiger partial charge in [0.15, 0.2) is 0 Å². The minimum absolute atomic E-state index is 0.0301. The van der Waals surface area contributed by atoms with Gasteiger partial charge in [-0.2, -0.15) is 0 Å². The van der Waals surface area contributed by atoms with Crippen LogP contribution in [0.15, 0.2) is 28.7 Å². The molecule has 1 fully saturated rings. The third kappa shape index (κ3) is 2.64. The van der Waals surface area contributed by atoms with Crippen molar-refractivity contribution in [2.75, 3.05) is 0 Å². The lowest BCUT2D eigenvalue weighted by molar-refractivity contribution is -0.146. The molecule has 1 aromatic carbocycles. The standard InChI is InChI=1S/C14H16BrNO2/c1-9(10-3-5-11(15)6-4-10)16-13(18)14(2)7-12(17)8-14/h3-6,9H,7-8H2,1-2H3,(H,16,18). The van der Waals surface area contributed by atoms with E-state index < -0.39 is 5.41 Å². The molecule has 18 heavy (non-hydrogen) atoms. The highest BCUT2D eigenvalue weighted by atomic mass is 79.9. The molecule has 1 aliphatic rings. The lowest BCUT2D eigenvalue weighted by atomic mass is 9.68. The molecule has 3 nitrogen and oxygen atoms in total. The highest BCUT2D eigenvalue weighted by Gasteiger charge is 2.45. The number of rotatable bonds is 3. The van der Waals surface area contributed by atoms with Gasteiger partial charge < -0.3 is 5.32 Å². The van der Waals surface area contributed by atoms with E-state index in [1.807, 2.05) is 38.1 Å². The smallest absolute Gasteiger partial charge is 0.227 e. The van der Waals surface area contributed by atoms with Gasteiger partial charge in [-0.25, -0.2) is 0 Å². The summed E-state index contributed by atoms with van der Waals surface area (Å²) in [6.07, 6.45) is 0.734. The van der Waals surface area contributed by atoms with E-state index in [1.165, 1.54) is 0 Å². The van der Waals surface area contributed by atoms with Crippen LogP contribution >= 0.6 is 15.9 Å². The van der Waals surface area contributed by atoms with Gasteiger partial charge >= 0.3 is 0 Å². The molecule has 1 aromatic rings. The number of carbonyl (C=O) groups excluding carboxylic acids is 2. The third-order valence-electron chi connectivity index (χ3n) is 3.44. The second-order valence-electron chi connectivity index (χ2n) is 5.20. The normalized spacial score (nSPS) is 18.9. The van der Waals surface area contributed by atoms with Crippen molar-refractivity contribution in [3.63, 3.8) is 0 Å². The maximum Gasteiger partial charge on any atom is 0.227 e. The number of carbonyl (C=O) groups is 2. The SMILES string of the molecule is CC(NC(=O)C1(C)CC(=O)C1)c1ccc(Br)cc1. The van der Waals surface area contributed by atoms with Crippen molar-refractivity contribution in [1.29, 1.82) is 0 Å². The Balaban J connectivity index is 1.99. The average Bonchev–Trinajstić information content (AvgIpc) is 2.27. The second kappa shape index (κ2) is 4.84. The van der Waals surface area contributed by atoms with Crippen LogP contribution in [0.2, 0.25) is 0 Å². The summed E-state index contributed by atoms with van der Waals surface area (Å²) in [6.45, 7) is 3.79. The molecule has 0 aromatic heterocycles. The van der Waals surface area contributed by atoms with Gasteiger partial charge in [0.1, 0.15) is 5.78 Å². The maximum absolute atomic E-state index is 12.1. The number of hydrogen-bond acceptors (Lipinski definition) is 2. The van der Waals surface area contributed by atoms with Gasteiger partial charge in [0, 0.05) is 17.3 Å². The summed E-state index contributed by atoms with van der Waals surface area (Å²) in [5.74, 6) is 0.140. The summed E-state index contributed by atoms with van der Waals surface area (Å²) >= 11 is 3.38. The zero-order chi connectivity index (χ0) is 13.3. The van der Waals surface area contributed by atoms with Crippen LogP contribution in [0.4, 0.5) is 0 Å². The van der Waals surface area contributed by atoms with E-state index in [9.17, 15) is 9.59 Å².